The Labute approximate surface area is 222 Å². The van der Waals surface area contributed by atoms with Crippen LogP contribution in [0.5, 0.6) is 5.75 Å². The fraction of sp³-hybridized carbons (Fsp3) is 0.0968. The van der Waals surface area contributed by atoms with Crippen molar-refractivity contribution in [1.82, 2.24) is 0 Å². The molecule has 0 radical (unpaired) electrons. The minimum atomic E-state index is -1.29. The Bertz CT molecular complexity index is 1600. The van der Waals surface area contributed by atoms with Crippen LogP contribution in [0.15, 0.2) is 96.6 Å². The molecular weight excluding hydrogens is 507 g/mol. The molecule has 1 atom stereocenters. The van der Waals surface area contributed by atoms with Gasteiger partial charge in [-0.2, -0.15) is 0 Å². The van der Waals surface area contributed by atoms with Crippen molar-refractivity contribution in [2.24, 2.45) is 0 Å². The van der Waals surface area contributed by atoms with Crippen LogP contribution in [0.2, 0.25) is 0 Å². The van der Waals surface area contributed by atoms with Gasteiger partial charge in [-0.3, -0.25) is 14.5 Å². The number of carbonyl (C=O) groups excluding carboxylic acids is 2. The van der Waals surface area contributed by atoms with Gasteiger partial charge in [0.15, 0.2) is 0 Å². The lowest BCUT2D eigenvalue weighted by Gasteiger charge is -2.25. The van der Waals surface area contributed by atoms with Gasteiger partial charge in [0, 0.05) is 11.6 Å². The largest absolute Gasteiger partial charge is 0.507 e. The second-order valence-electron chi connectivity index (χ2n) is 9.07. The number of aryl methyl sites for hydroxylation is 1. The average Bonchev–Trinajstić information content (AvgIpc) is 3.18. The van der Waals surface area contributed by atoms with E-state index in [2.05, 4.69) is 0 Å². The monoisotopic (exact) mass is 529 g/mol. The van der Waals surface area contributed by atoms with Crippen molar-refractivity contribution in [3.63, 3.8) is 0 Å². The SMILES string of the molecule is Cc1cc(/C(O)=C2\C(=O)C(=O)N(c3ccc(F)cc3F)C2c2ccc(F)cc2)ccc1OCc1ccccc1. The van der Waals surface area contributed by atoms with Gasteiger partial charge in [-0.15, -0.1) is 0 Å². The summed E-state index contributed by atoms with van der Waals surface area (Å²) in [7, 11) is 0. The summed E-state index contributed by atoms with van der Waals surface area (Å²) in [5, 5.41) is 11.3. The van der Waals surface area contributed by atoms with Crippen LogP contribution < -0.4 is 9.64 Å². The fourth-order valence-corrected chi connectivity index (χ4v) is 4.57. The second kappa shape index (κ2) is 10.5. The van der Waals surface area contributed by atoms with E-state index in [1.54, 1.807) is 19.1 Å². The number of halogens is 3. The zero-order chi connectivity index (χ0) is 27.7. The normalized spacial score (nSPS) is 16.5. The number of nitrogens with zero attached hydrogens (tertiary/aromatic N) is 1. The van der Waals surface area contributed by atoms with E-state index in [0.29, 0.717) is 24.0 Å². The number of rotatable bonds is 6. The maximum absolute atomic E-state index is 14.8. The minimum absolute atomic E-state index is 0.226. The second-order valence-corrected chi connectivity index (χ2v) is 9.07. The maximum atomic E-state index is 14.8. The molecule has 1 unspecified atom stereocenters. The summed E-state index contributed by atoms with van der Waals surface area (Å²) in [6.45, 7) is 2.09. The Kier molecular flexibility index (Phi) is 6.94. The number of anilines is 1. The van der Waals surface area contributed by atoms with Crippen molar-refractivity contribution in [2.45, 2.75) is 19.6 Å². The van der Waals surface area contributed by atoms with Crippen LogP contribution in [0.25, 0.3) is 5.76 Å². The van der Waals surface area contributed by atoms with E-state index >= 15 is 0 Å². The van der Waals surface area contributed by atoms with Crippen molar-refractivity contribution >= 4 is 23.1 Å². The zero-order valence-electron chi connectivity index (χ0n) is 20.7. The lowest BCUT2D eigenvalue weighted by molar-refractivity contribution is -0.132. The molecule has 196 valence electrons. The predicted octanol–water partition coefficient (Wildman–Crippen LogP) is 6.62. The molecule has 4 aromatic rings. The molecule has 4 aromatic carbocycles. The molecular formula is C31H22F3NO4. The smallest absolute Gasteiger partial charge is 0.300 e. The average molecular weight is 530 g/mol. The van der Waals surface area contributed by atoms with E-state index in [4.69, 9.17) is 4.74 Å². The highest BCUT2D eigenvalue weighted by molar-refractivity contribution is 6.51. The third kappa shape index (κ3) is 5.01. The highest BCUT2D eigenvalue weighted by Gasteiger charge is 2.47. The highest BCUT2D eigenvalue weighted by atomic mass is 19.1. The molecule has 1 saturated heterocycles. The third-order valence-electron chi connectivity index (χ3n) is 6.48. The van der Waals surface area contributed by atoms with E-state index in [1.165, 1.54) is 18.2 Å². The molecule has 0 spiro atoms. The summed E-state index contributed by atoms with van der Waals surface area (Å²) in [5.41, 5.74) is 1.44. The van der Waals surface area contributed by atoms with Gasteiger partial charge in [-0.25, -0.2) is 13.2 Å². The molecule has 1 N–H and O–H groups in total. The van der Waals surface area contributed by atoms with Crippen molar-refractivity contribution in [1.29, 1.82) is 0 Å². The summed E-state index contributed by atoms with van der Waals surface area (Å²) >= 11 is 0. The van der Waals surface area contributed by atoms with Gasteiger partial charge in [0.05, 0.1) is 17.3 Å². The van der Waals surface area contributed by atoms with Gasteiger partial charge in [-0.05, 0) is 66.1 Å². The number of ether oxygens (including phenoxy) is 1. The first kappa shape index (κ1) is 25.8. The van der Waals surface area contributed by atoms with Crippen LogP contribution in [0.4, 0.5) is 18.9 Å². The molecule has 1 aliphatic heterocycles. The van der Waals surface area contributed by atoms with Crippen LogP contribution in [-0.4, -0.2) is 16.8 Å². The highest BCUT2D eigenvalue weighted by Crippen LogP contribution is 2.43. The molecule has 0 aliphatic carbocycles. The summed E-state index contributed by atoms with van der Waals surface area (Å²) in [6.07, 6.45) is 0. The fourth-order valence-electron chi connectivity index (χ4n) is 4.57. The lowest BCUT2D eigenvalue weighted by Crippen LogP contribution is -2.30. The zero-order valence-corrected chi connectivity index (χ0v) is 20.7. The Balaban J connectivity index is 1.57. The third-order valence-corrected chi connectivity index (χ3v) is 6.48. The number of amides is 1. The maximum Gasteiger partial charge on any atom is 0.300 e. The van der Waals surface area contributed by atoms with E-state index in [-0.39, 0.29) is 22.4 Å². The molecule has 39 heavy (non-hydrogen) atoms. The van der Waals surface area contributed by atoms with Gasteiger partial charge >= 0.3 is 0 Å². The van der Waals surface area contributed by atoms with E-state index in [0.717, 1.165) is 34.7 Å². The first-order chi connectivity index (χ1) is 18.7. The van der Waals surface area contributed by atoms with E-state index in [1.807, 2.05) is 30.3 Å². The van der Waals surface area contributed by atoms with Gasteiger partial charge in [0.1, 0.15) is 35.6 Å². The Hall–Kier alpha value is -4.85. The number of aliphatic hydroxyl groups excluding tert-OH is 1. The summed E-state index contributed by atoms with van der Waals surface area (Å²) in [6, 6.07) is 20.5. The molecule has 5 nitrogen and oxygen atoms in total. The predicted molar refractivity (Wildman–Crippen MR) is 139 cm³/mol. The molecule has 5 rings (SSSR count). The van der Waals surface area contributed by atoms with Crippen molar-refractivity contribution in [3.8, 4) is 5.75 Å². The molecule has 1 amide bonds. The molecule has 1 fully saturated rings. The first-order valence-electron chi connectivity index (χ1n) is 12.0. The van der Waals surface area contributed by atoms with Crippen LogP contribution in [-0.2, 0) is 16.2 Å². The van der Waals surface area contributed by atoms with Gasteiger partial charge in [0.2, 0.25) is 0 Å². The number of benzene rings is 4. The number of hydrogen-bond acceptors (Lipinski definition) is 4. The Morgan fingerprint density at radius 2 is 1.56 bits per heavy atom. The van der Waals surface area contributed by atoms with E-state index < -0.39 is 40.9 Å². The molecule has 8 heteroatoms. The number of hydrogen-bond donors (Lipinski definition) is 1. The minimum Gasteiger partial charge on any atom is -0.507 e. The first-order valence-corrected chi connectivity index (χ1v) is 12.0. The number of ketones is 1. The topological polar surface area (TPSA) is 66.8 Å². The quantitative estimate of drug-likeness (QED) is 0.173. The van der Waals surface area contributed by atoms with Crippen molar-refractivity contribution in [3.05, 3.63) is 136 Å². The number of aliphatic hydroxyl groups is 1. The number of Topliss-reactive ketones (excluding diaryl/α,β-unsaturated/α-hetero) is 1. The Morgan fingerprint density at radius 3 is 2.23 bits per heavy atom. The molecule has 0 saturated carbocycles. The summed E-state index contributed by atoms with van der Waals surface area (Å²) in [4.78, 5) is 27.2. The molecule has 0 aromatic heterocycles. The molecule has 1 aliphatic rings. The summed E-state index contributed by atoms with van der Waals surface area (Å²) < 4.78 is 48.0. The van der Waals surface area contributed by atoms with Crippen LogP contribution in [0, 0.1) is 24.4 Å². The summed E-state index contributed by atoms with van der Waals surface area (Å²) in [5.74, 6) is -4.62. The molecule has 0 bridgehead atoms. The van der Waals surface area contributed by atoms with Crippen LogP contribution in [0.3, 0.4) is 0 Å². The lowest BCUT2D eigenvalue weighted by atomic mass is 9.94. The number of carbonyl (C=O) groups is 2. The van der Waals surface area contributed by atoms with Crippen molar-refractivity contribution in [2.75, 3.05) is 4.90 Å². The van der Waals surface area contributed by atoms with Crippen LogP contribution >= 0.6 is 0 Å². The van der Waals surface area contributed by atoms with Crippen molar-refractivity contribution < 1.29 is 32.6 Å². The van der Waals surface area contributed by atoms with E-state index in [9.17, 15) is 27.9 Å². The van der Waals surface area contributed by atoms with Crippen LogP contribution in [0.1, 0.15) is 28.3 Å². The molecule has 1 heterocycles. The standard InChI is InChI=1S/C31H22F3NO4/c1-18-15-21(9-14-26(18)39-17-19-5-3-2-4-6-19)29(36)27-28(20-7-10-22(32)11-8-20)35(31(38)30(27)37)25-13-12-23(33)16-24(25)34/h2-16,28,36H,17H2,1H3/b29-27+. The van der Waals surface area contributed by atoms with Gasteiger partial charge in [0.25, 0.3) is 11.7 Å². The van der Waals surface area contributed by atoms with Gasteiger partial charge in [-0.1, -0.05) is 42.5 Å². The van der Waals surface area contributed by atoms with Gasteiger partial charge < -0.3 is 9.84 Å². The Morgan fingerprint density at radius 1 is 0.872 bits per heavy atom.